The molecule has 0 radical (unpaired) electrons. The highest BCUT2D eigenvalue weighted by Gasteiger charge is 2.28. The number of hydrogen-bond acceptors (Lipinski definition) is 6. The smallest absolute Gasteiger partial charge is 0.410 e. The standard InChI is InChI=1S/C20H31N3O6/c1-20(2,3)29-19(26)22-9-7-14(8-10-22)13-28-17-15(18(24)25)12-23(21-17)16-6-4-5-11-27-16/h12,14,16H,4-11,13H2,1-3H3,(H,24,25). The zero-order chi connectivity index (χ0) is 21.0. The van der Waals surface area contributed by atoms with Gasteiger partial charge in [-0.25, -0.2) is 14.3 Å². The Morgan fingerprint density at radius 3 is 2.55 bits per heavy atom. The van der Waals surface area contributed by atoms with Crippen molar-refractivity contribution in [1.29, 1.82) is 0 Å². The van der Waals surface area contributed by atoms with Crippen molar-refractivity contribution >= 4 is 12.1 Å². The molecule has 1 unspecified atom stereocenters. The molecule has 2 saturated heterocycles. The molecule has 9 nitrogen and oxygen atoms in total. The molecule has 1 N–H and O–H groups in total. The van der Waals surface area contributed by atoms with E-state index in [9.17, 15) is 14.7 Å². The molecule has 1 amide bonds. The van der Waals surface area contributed by atoms with Crippen LogP contribution in [0.5, 0.6) is 5.88 Å². The second-order valence-corrected chi connectivity index (χ2v) is 8.68. The third-order valence-electron chi connectivity index (χ3n) is 5.10. The fraction of sp³-hybridized carbons (Fsp3) is 0.750. The number of hydrogen-bond donors (Lipinski definition) is 1. The summed E-state index contributed by atoms with van der Waals surface area (Å²) in [5, 5.41) is 13.8. The normalized spacial score (nSPS) is 21.1. The number of ether oxygens (including phenoxy) is 3. The number of nitrogens with zero attached hydrogens (tertiary/aromatic N) is 3. The van der Waals surface area contributed by atoms with Gasteiger partial charge >= 0.3 is 12.1 Å². The molecule has 0 bridgehead atoms. The number of rotatable bonds is 5. The van der Waals surface area contributed by atoms with Crippen LogP contribution >= 0.6 is 0 Å². The second kappa shape index (κ2) is 9.02. The molecule has 2 fully saturated rings. The number of carboxylic acid groups (broad SMARTS) is 1. The topological polar surface area (TPSA) is 103 Å². The minimum Gasteiger partial charge on any atom is -0.477 e. The summed E-state index contributed by atoms with van der Waals surface area (Å²) in [6.45, 7) is 7.76. The summed E-state index contributed by atoms with van der Waals surface area (Å²) in [4.78, 5) is 25.4. The minimum atomic E-state index is -1.07. The number of carboxylic acids is 1. The predicted molar refractivity (Wildman–Crippen MR) is 104 cm³/mol. The lowest BCUT2D eigenvalue weighted by Gasteiger charge is -2.33. The van der Waals surface area contributed by atoms with Crippen LogP contribution in [-0.2, 0) is 9.47 Å². The first-order valence-corrected chi connectivity index (χ1v) is 10.3. The van der Waals surface area contributed by atoms with Crippen molar-refractivity contribution in [2.45, 2.75) is 64.7 Å². The fourth-order valence-electron chi connectivity index (χ4n) is 3.51. The first-order chi connectivity index (χ1) is 13.7. The van der Waals surface area contributed by atoms with Gasteiger partial charge in [-0.15, -0.1) is 5.10 Å². The van der Waals surface area contributed by atoms with Gasteiger partial charge in [0, 0.05) is 25.9 Å². The summed E-state index contributed by atoms with van der Waals surface area (Å²) < 4.78 is 18.4. The molecule has 29 heavy (non-hydrogen) atoms. The van der Waals surface area contributed by atoms with Crippen LogP contribution in [0.2, 0.25) is 0 Å². The summed E-state index contributed by atoms with van der Waals surface area (Å²) in [7, 11) is 0. The van der Waals surface area contributed by atoms with E-state index in [4.69, 9.17) is 14.2 Å². The average molecular weight is 409 g/mol. The van der Waals surface area contributed by atoms with Gasteiger partial charge in [0.15, 0.2) is 0 Å². The van der Waals surface area contributed by atoms with E-state index in [0.717, 1.165) is 32.1 Å². The number of piperidine rings is 1. The number of aromatic carboxylic acids is 1. The number of aromatic nitrogens is 2. The number of carbonyl (C=O) groups is 2. The van der Waals surface area contributed by atoms with Crippen molar-refractivity contribution in [1.82, 2.24) is 14.7 Å². The van der Waals surface area contributed by atoms with Crippen molar-refractivity contribution in [2.75, 3.05) is 26.3 Å². The van der Waals surface area contributed by atoms with Gasteiger partial charge in [0.1, 0.15) is 17.4 Å². The third kappa shape index (κ3) is 5.85. The molecule has 2 aliphatic heterocycles. The van der Waals surface area contributed by atoms with Crippen molar-refractivity contribution in [3.63, 3.8) is 0 Å². The third-order valence-corrected chi connectivity index (χ3v) is 5.10. The van der Waals surface area contributed by atoms with E-state index in [-0.39, 0.29) is 29.7 Å². The van der Waals surface area contributed by atoms with Crippen LogP contribution in [0.3, 0.4) is 0 Å². The largest absolute Gasteiger partial charge is 0.477 e. The maximum absolute atomic E-state index is 12.2. The van der Waals surface area contributed by atoms with Gasteiger partial charge < -0.3 is 24.2 Å². The van der Waals surface area contributed by atoms with Crippen LogP contribution < -0.4 is 4.74 Å². The minimum absolute atomic E-state index is 0.0466. The first kappa shape index (κ1) is 21.4. The molecule has 0 aliphatic carbocycles. The molecule has 2 aliphatic rings. The Kier molecular flexibility index (Phi) is 6.66. The molecular formula is C20H31N3O6. The SMILES string of the molecule is CC(C)(C)OC(=O)N1CCC(COc2nn(C3CCCCO3)cc2C(=O)O)CC1. The number of carbonyl (C=O) groups excluding carboxylic acids is 1. The maximum Gasteiger partial charge on any atom is 0.410 e. The average Bonchev–Trinajstić information content (AvgIpc) is 3.11. The molecule has 162 valence electrons. The van der Waals surface area contributed by atoms with Gasteiger partial charge in [-0.2, -0.15) is 0 Å². The Hall–Kier alpha value is -2.29. The van der Waals surface area contributed by atoms with E-state index in [1.54, 1.807) is 9.58 Å². The monoisotopic (exact) mass is 409 g/mol. The second-order valence-electron chi connectivity index (χ2n) is 8.68. The molecule has 3 heterocycles. The highest BCUT2D eigenvalue weighted by Crippen LogP contribution is 2.27. The molecule has 1 aromatic rings. The van der Waals surface area contributed by atoms with Crippen LogP contribution in [0.15, 0.2) is 6.20 Å². The van der Waals surface area contributed by atoms with E-state index in [2.05, 4.69) is 5.10 Å². The van der Waals surface area contributed by atoms with E-state index >= 15 is 0 Å². The molecule has 1 atom stereocenters. The van der Waals surface area contributed by atoms with E-state index < -0.39 is 11.6 Å². The predicted octanol–water partition coefficient (Wildman–Crippen LogP) is 3.31. The maximum atomic E-state index is 12.2. The summed E-state index contributed by atoms with van der Waals surface area (Å²) in [5.74, 6) is -0.713. The van der Waals surface area contributed by atoms with Gasteiger partial charge in [-0.3, -0.25) is 0 Å². The van der Waals surface area contributed by atoms with Crippen LogP contribution in [0.1, 0.15) is 69.5 Å². The highest BCUT2D eigenvalue weighted by molar-refractivity contribution is 5.89. The Labute approximate surface area is 170 Å². The Bertz CT molecular complexity index is 712. The first-order valence-electron chi connectivity index (χ1n) is 10.3. The van der Waals surface area contributed by atoms with Gasteiger partial charge in [0.05, 0.1) is 6.61 Å². The van der Waals surface area contributed by atoms with Gasteiger partial charge in [-0.05, 0) is 58.8 Å². The summed E-state index contributed by atoms with van der Waals surface area (Å²) in [5.41, 5.74) is -0.462. The van der Waals surface area contributed by atoms with Crippen LogP contribution in [0.4, 0.5) is 4.79 Å². The van der Waals surface area contributed by atoms with Gasteiger partial charge in [-0.1, -0.05) is 0 Å². The number of amides is 1. The van der Waals surface area contributed by atoms with E-state index in [1.165, 1.54) is 6.20 Å². The molecule has 1 aromatic heterocycles. The van der Waals surface area contributed by atoms with Crippen LogP contribution in [0, 0.1) is 5.92 Å². The van der Waals surface area contributed by atoms with Crippen molar-refractivity contribution in [3.05, 3.63) is 11.8 Å². The summed E-state index contributed by atoms with van der Waals surface area (Å²) in [6.07, 6.45) is 5.34. The Balaban J connectivity index is 1.53. The zero-order valence-electron chi connectivity index (χ0n) is 17.4. The van der Waals surface area contributed by atoms with Crippen LogP contribution in [-0.4, -0.2) is 63.8 Å². The summed E-state index contributed by atoms with van der Waals surface area (Å²) >= 11 is 0. The molecule has 3 rings (SSSR count). The van der Waals surface area contributed by atoms with Crippen molar-refractivity contribution < 1.29 is 28.9 Å². The van der Waals surface area contributed by atoms with E-state index in [0.29, 0.717) is 26.3 Å². The molecule has 0 spiro atoms. The quantitative estimate of drug-likeness (QED) is 0.796. The lowest BCUT2D eigenvalue weighted by atomic mass is 9.98. The Morgan fingerprint density at radius 1 is 1.24 bits per heavy atom. The number of likely N-dealkylation sites (tertiary alicyclic amines) is 1. The zero-order valence-corrected chi connectivity index (χ0v) is 17.4. The molecule has 0 saturated carbocycles. The van der Waals surface area contributed by atoms with Crippen molar-refractivity contribution in [3.8, 4) is 5.88 Å². The lowest BCUT2D eigenvalue weighted by Crippen LogP contribution is -2.42. The molecule has 0 aromatic carbocycles. The van der Waals surface area contributed by atoms with E-state index in [1.807, 2.05) is 20.8 Å². The highest BCUT2D eigenvalue weighted by atomic mass is 16.6. The fourth-order valence-corrected chi connectivity index (χ4v) is 3.51. The summed E-state index contributed by atoms with van der Waals surface area (Å²) in [6, 6.07) is 0. The van der Waals surface area contributed by atoms with Gasteiger partial charge in [0.2, 0.25) is 5.88 Å². The van der Waals surface area contributed by atoms with Crippen molar-refractivity contribution in [2.24, 2.45) is 5.92 Å². The van der Waals surface area contributed by atoms with Crippen LogP contribution in [0.25, 0.3) is 0 Å². The molecular weight excluding hydrogens is 378 g/mol. The van der Waals surface area contributed by atoms with Gasteiger partial charge in [0.25, 0.3) is 0 Å². The molecule has 9 heteroatoms. The lowest BCUT2D eigenvalue weighted by molar-refractivity contribution is -0.0401. The Morgan fingerprint density at radius 2 is 1.97 bits per heavy atom.